The van der Waals surface area contributed by atoms with Crippen LogP contribution in [-0.2, 0) is 6.54 Å². The molecule has 1 rings (SSSR count). The highest BCUT2D eigenvalue weighted by molar-refractivity contribution is 5.81. The number of nitrogens with two attached hydrogens (primary N) is 1. The summed E-state index contributed by atoms with van der Waals surface area (Å²) >= 11 is 0. The van der Waals surface area contributed by atoms with E-state index in [1.165, 1.54) is 12.1 Å². The number of benzene rings is 1. The summed E-state index contributed by atoms with van der Waals surface area (Å²) in [6, 6.07) is 6.23. The zero-order chi connectivity index (χ0) is 11.3. The van der Waals surface area contributed by atoms with Crippen molar-refractivity contribution in [1.29, 1.82) is 0 Å². The number of rotatable bonds is 4. The molecule has 0 saturated carbocycles. The standard InChI is InChI=1S/C10H14FN3O/c1-14(7-10(12)13-15)6-8-2-4-9(11)5-3-8/h2-5,15H,6-7H2,1H3,(H2,12,13). The Labute approximate surface area is 87.8 Å². The van der Waals surface area contributed by atoms with Crippen LogP contribution in [0.3, 0.4) is 0 Å². The number of likely N-dealkylation sites (N-methyl/N-ethyl adjacent to an activating group) is 1. The van der Waals surface area contributed by atoms with Crippen molar-refractivity contribution in [3.63, 3.8) is 0 Å². The fraction of sp³-hybridized carbons (Fsp3) is 0.300. The molecule has 0 aliphatic rings. The van der Waals surface area contributed by atoms with E-state index in [-0.39, 0.29) is 11.7 Å². The highest BCUT2D eigenvalue weighted by Crippen LogP contribution is 2.04. The maximum Gasteiger partial charge on any atom is 0.153 e. The first-order valence-corrected chi connectivity index (χ1v) is 4.51. The van der Waals surface area contributed by atoms with E-state index in [0.717, 1.165) is 5.56 Å². The number of hydrogen-bond acceptors (Lipinski definition) is 3. The Kier molecular flexibility index (Phi) is 4.05. The van der Waals surface area contributed by atoms with Crippen LogP contribution in [0.1, 0.15) is 5.56 Å². The van der Waals surface area contributed by atoms with Gasteiger partial charge in [-0.05, 0) is 24.7 Å². The van der Waals surface area contributed by atoms with Gasteiger partial charge in [0.2, 0.25) is 0 Å². The van der Waals surface area contributed by atoms with Gasteiger partial charge in [-0.1, -0.05) is 17.3 Å². The van der Waals surface area contributed by atoms with Crippen LogP contribution in [0, 0.1) is 5.82 Å². The second-order valence-electron chi connectivity index (χ2n) is 3.39. The van der Waals surface area contributed by atoms with Crippen LogP contribution in [0.25, 0.3) is 0 Å². The van der Waals surface area contributed by atoms with Gasteiger partial charge in [-0.2, -0.15) is 0 Å². The molecule has 0 aromatic heterocycles. The largest absolute Gasteiger partial charge is 0.409 e. The molecule has 3 N–H and O–H groups in total. The molecule has 0 fully saturated rings. The lowest BCUT2D eigenvalue weighted by Gasteiger charge is -2.15. The van der Waals surface area contributed by atoms with Gasteiger partial charge in [0, 0.05) is 6.54 Å². The number of hydrogen-bond donors (Lipinski definition) is 2. The van der Waals surface area contributed by atoms with Crippen molar-refractivity contribution in [3.8, 4) is 0 Å². The van der Waals surface area contributed by atoms with E-state index in [1.807, 2.05) is 11.9 Å². The molecule has 5 heteroatoms. The maximum absolute atomic E-state index is 12.6. The number of oxime groups is 1. The van der Waals surface area contributed by atoms with Crippen LogP contribution in [0.2, 0.25) is 0 Å². The summed E-state index contributed by atoms with van der Waals surface area (Å²) in [5, 5.41) is 11.2. The Bertz CT molecular complexity index is 337. The molecule has 0 heterocycles. The van der Waals surface area contributed by atoms with E-state index < -0.39 is 0 Å². The fourth-order valence-corrected chi connectivity index (χ4v) is 1.27. The minimum absolute atomic E-state index is 0.152. The summed E-state index contributed by atoms with van der Waals surface area (Å²) in [6.07, 6.45) is 0. The van der Waals surface area contributed by atoms with Crippen LogP contribution in [0.5, 0.6) is 0 Å². The molecule has 4 nitrogen and oxygen atoms in total. The number of halogens is 1. The lowest BCUT2D eigenvalue weighted by atomic mass is 10.2. The molecule has 82 valence electrons. The van der Waals surface area contributed by atoms with Gasteiger partial charge >= 0.3 is 0 Å². The summed E-state index contributed by atoms with van der Waals surface area (Å²) in [7, 11) is 1.83. The highest BCUT2D eigenvalue weighted by atomic mass is 19.1. The first-order valence-electron chi connectivity index (χ1n) is 4.51. The lowest BCUT2D eigenvalue weighted by molar-refractivity contribution is 0.308. The molecule has 1 aromatic rings. The van der Waals surface area contributed by atoms with Crippen molar-refractivity contribution in [1.82, 2.24) is 4.90 Å². The first-order chi connectivity index (χ1) is 7.11. The zero-order valence-electron chi connectivity index (χ0n) is 8.52. The van der Waals surface area contributed by atoms with E-state index in [9.17, 15) is 4.39 Å². The van der Waals surface area contributed by atoms with Crippen molar-refractivity contribution in [2.24, 2.45) is 10.9 Å². The summed E-state index contributed by atoms with van der Waals surface area (Å²) in [4.78, 5) is 1.86. The quantitative estimate of drug-likeness (QED) is 0.338. The van der Waals surface area contributed by atoms with Crippen LogP contribution < -0.4 is 5.73 Å². The van der Waals surface area contributed by atoms with Gasteiger partial charge < -0.3 is 10.9 Å². The fourth-order valence-electron chi connectivity index (χ4n) is 1.27. The molecule has 0 spiro atoms. The van der Waals surface area contributed by atoms with Crippen LogP contribution in [0.4, 0.5) is 4.39 Å². The second kappa shape index (κ2) is 5.31. The summed E-state index contributed by atoms with van der Waals surface area (Å²) < 4.78 is 12.6. The van der Waals surface area contributed by atoms with E-state index >= 15 is 0 Å². The van der Waals surface area contributed by atoms with Gasteiger partial charge in [-0.3, -0.25) is 4.90 Å². The Balaban J connectivity index is 2.51. The minimum Gasteiger partial charge on any atom is -0.409 e. The third-order valence-electron chi connectivity index (χ3n) is 1.93. The molecule has 15 heavy (non-hydrogen) atoms. The smallest absolute Gasteiger partial charge is 0.153 e. The molecule has 0 saturated heterocycles. The Morgan fingerprint density at radius 1 is 1.47 bits per heavy atom. The van der Waals surface area contributed by atoms with Gasteiger partial charge in [0.1, 0.15) is 5.82 Å². The maximum atomic E-state index is 12.6. The molecule has 0 atom stereocenters. The van der Waals surface area contributed by atoms with Crippen molar-refractivity contribution in [3.05, 3.63) is 35.6 Å². The number of nitrogens with zero attached hydrogens (tertiary/aromatic N) is 2. The van der Waals surface area contributed by atoms with Crippen molar-refractivity contribution in [2.75, 3.05) is 13.6 Å². The van der Waals surface area contributed by atoms with Crippen molar-refractivity contribution in [2.45, 2.75) is 6.54 Å². The lowest BCUT2D eigenvalue weighted by Crippen LogP contribution is -2.30. The molecule has 0 unspecified atom stereocenters. The normalized spacial score (nSPS) is 12.1. The third-order valence-corrected chi connectivity index (χ3v) is 1.93. The molecule has 0 bridgehead atoms. The summed E-state index contributed by atoms with van der Waals surface area (Å²) in [6.45, 7) is 0.990. The van der Waals surface area contributed by atoms with E-state index in [4.69, 9.17) is 10.9 Å². The van der Waals surface area contributed by atoms with Gasteiger partial charge in [0.15, 0.2) is 5.84 Å². The van der Waals surface area contributed by atoms with E-state index in [1.54, 1.807) is 12.1 Å². The van der Waals surface area contributed by atoms with Crippen molar-refractivity contribution < 1.29 is 9.60 Å². The SMILES string of the molecule is CN(CC(N)=NO)Cc1ccc(F)cc1. The Hall–Kier alpha value is -1.62. The molecule has 0 aliphatic carbocycles. The molecule has 0 aliphatic heterocycles. The highest BCUT2D eigenvalue weighted by Gasteiger charge is 2.02. The zero-order valence-corrected chi connectivity index (χ0v) is 8.52. The summed E-state index contributed by atoms with van der Waals surface area (Å²) in [5.41, 5.74) is 6.33. The third kappa shape index (κ3) is 3.95. The molecule has 0 amide bonds. The molecular formula is C10H14FN3O. The van der Waals surface area contributed by atoms with Crippen LogP contribution in [-0.4, -0.2) is 29.5 Å². The number of amidine groups is 1. The average molecular weight is 211 g/mol. The van der Waals surface area contributed by atoms with Gasteiger partial charge in [0.05, 0.1) is 6.54 Å². The molecule has 1 aromatic carbocycles. The van der Waals surface area contributed by atoms with Crippen LogP contribution in [0.15, 0.2) is 29.4 Å². The van der Waals surface area contributed by atoms with Gasteiger partial charge in [0.25, 0.3) is 0 Å². The summed E-state index contributed by atoms with van der Waals surface area (Å²) in [5.74, 6) is -0.0996. The minimum atomic E-state index is -0.252. The molecule has 0 radical (unpaired) electrons. The Morgan fingerprint density at radius 3 is 2.60 bits per heavy atom. The topological polar surface area (TPSA) is 61.8 Å². The van der Waals surface area contributed by atoms with Gasteiger partial charge in [-0.15, -0.1) is 0 Å². The Morgan fingerprint density at radius 2 is 2.07 bits per heavy atom. The second-order valence-corrected chi connectivity index (χ2v) is 3.39. The van der Waals surface area contributed by atoms with Crippen molar-refractivity contribution >= 4 is 5.84 Å². The monoisotopic (exact) mass is 211 g/mol. The predicted octanol–water partition coefficient (Wildman–Crippen LogP) is 1.00. The van der Waals surface area contributed by atoms with E-state index in [0.29, 0.717) is 13.1 Å². The van der Waals surface area contributed by atoms with E-state index in [2.05, 4.69) is 5.16 Å². The van der Waals surface area contributed by atoms with Gasteiger partial charge in [-0.25, -0.2) is 4.39 Å². The first kappa shape index (κ1) is 11.5. The predicted molar refractivity (Wildman–Crippen MR) is 56.1 cm³/mol. The molecular weight excluding hydrogens is 197 g/mol. The average Bonchev–Trinajstić information content (AvgIpc) is 2.21. The van der Waals surface area contributed by atoms with Crippen LogP contribution >= 0.6 is 0 Å².